The molecule has 29 heavy (non-hydrogen) atoms. The highest BCUT2D eigenvalue weighted by atomic mass is 19.3. The third-order valence-corrected chi connectivity index (χ3v) is 4.71. The van der Waals surface area contributed by atoms with E-state index in [1.165, 1.54) is 27.7 Å². The molecule has 1 aliphatic rings. The molecule has 0 atom stereocenters. The van der Waals surface area contributed by atoms with E-state index in [0.29, 0.717) is 23.1 Å². The fourth-order valence-electron chi connectivity index (χ4n) is 3.12. The van der Waals surface area contributed by atoms with Gasteiger partial charge in [-0.2, -0.15) is 5.10 Å². The molecule has 11 heteroatoms. The molecule has 0 radical (unpaired) electrons. The molecule has 4 heterocycles. The number of halogens is 2. The van der Waals surface area contributed by atoms with Gasteiger partial charge in [-0.05, 0) is 6.07 Å². The molecule has 3 aromatic rings. The third kappa shape index (κ3) is 3.80. The number of carbonyl (C=O) groups is 1. The summed E-state index contributed by atoms with van der Waals surface area (Å²) in [4.78, 5) is 22.7. The summed E-state index contributed by atoms with van der Waals surface area (Å²) in [6, 6.07) is 4.97. The second-order valence-corrected chi connectivity index (χ2v) is 6.78. The smallest absolute Gasteiger partial charge is 0.274 e. The van der Waals surface area contributed by atoms with Gasteiger partial charge in [0.25, 0.3) is 11.8 Å². The van der Waals surface area contributed by atoms with E-state index in [0.717, 1.165) is 0 Å². The lowest BCUT2D eigenvalue weighted by atomic mass is 10.1. The van der Waals surface area contributed by atoms with Gasteiger partial charge in [-0.15, -0.1) is 5.10 Å². The monoisotopic (exact) mass is 403 g/mol. The number of rotatable bonds is 4. The average Bonchev–Trinajstić information content (AvgIpc) is 3.34. The van der Waals surface area contributed by atoms with Crippen LogP contribution >= 0.6 is 0 Å². The maximum Gasteiger partial charge on any atom is 0.274 e. The first-order chi connectivity index (χ1) is 13.9. The molecule has 0 unspecified atom stereocenters. The predicted molar refractivity (Wildman–Crippen MR) is 98.0 cm³/mol. The molecule has 3 aromatic heterocycles. The Labute approximate surface area is 164 Å². The standard InChI is InChI=1S/C18H19F2N7O2/c1-25-11-22-16(24-25)14-9-13(17(28)26-7-5-18(19,20)6-8-26)23-27(14)12-3-4-15(29-2)21-10-12/h3-4,9-11H,5-8H2,1-2H3. The number of hydrogen-bond acceptors (Lipinski definition) is 6. The number of methoxy groups -OCH3 is 1. The number of ether oxygens (including phenoxy) is 1. The molecule has 1 saturated heterocycles. The Morgan fingerprint density at radius 1 is 1.17 bits per heavy atom. The molecule has 0 bridgehead atoms. The SMILES string of the molecule is COc1ccc(-n2nc(C(=O)N3CCC(F)(F)CC3)cc2-c2ncn(C)n2)cn1. The van der Waals surface area contributed by atoms with Crippen molar-refractivity contribution in [3.63, 3.8) is 0 Å². The first kappa shape index (κ1) is 19.0. The summed E-state index contributed by atoms with van der Waals surface area (Å²) in [5, 5.41) is 8.68. The van der Waals surface area contributed by atoms with Gasteiger partial charge < -0.3 is 9.64 Å². The Hall–Kier alpha value is -3.37. The number of aromatic nitrogens is 6. The minimum atomic E-state index is -2.73. The van der Waals surface area contributed by atoms with Crippen molar-refractivity contribution in [3.8, 4) is 23.1 Å². The molecule has 0 aromatic carbocycles. The Morgan fingerprint density at radius 3 is 2.52 bits per heavy atom. The van der Waals surface area contributed by atoms with Crippen LogP contribution in [0.4, 0.5) is 8.78 Å². The van der Waals surface area contributed by atoms with Crippen molar-refractivity contribution in [2.45, 2.75) is 18.8 Å². The van der Waals surface area contributed by atoms with Crippen molar-refractivity contribution in [3.05, 3.63) is 36.4 Å². The molecule has 1 fully saturated rings. The van der Waals surface area contributed by atoms with Crippen LogP contribution in [0.15, 0.2) is 30.7 Å². The fraction of sp³-hybridized carbons (Fsp3) is 0.389. The van der Waals surface area contributed by atoms with Crippen LogP contribution < -0.4 is 4.74 Å². The van der Waals surface area contributed by atoms with Gasteiger partial charge in [0.1, 0.15) is 12.0 Å². The summed E-state index contributed by atoms with van der Waals surface area (Å²) >= 11 is 0. The first-order valence-corrected chi connectivity index (χ1v) is 9.00. The van der Waals surface area contributed by atoms with E-state index in [9.17, 15) is 13.6 Å². The van der Waals surface area contributed by atoms with Crippen molar-refractivity contribution < 1.29 is 18.3 Å². The second kappa shape index (κ2) is 7.22. The lowest BCUT2D eigenvalue weighted by molar-refractivity contribution is -0.0495. The van der Waals surface area contributed by atoms with Crippen LogP contribution in [0.25, 0.3) is 17.2 Å². The molecule has 1 amide bonds. The highest BCUT2D eigenvalue weighted by Gasteiger charge is 2.36. The Bertz CT molecular complexity index is 1020. The van der Waals surface area contributed by atoms with Crippen molar-refractivity contribution in [1.29, 1.82) is 0 Å². The molecule has 0 spiro atoms. The maximum absolute atomic E-state index is 13.4. The zero-order chi connectivity index (χ0) is 20.6. The topological polar surface area (TPSA) is 91.0 Å². The number of nitrogens with zero attached hydrogens (tertiary/aromatic N) is 7. The van der Waals surface area contributed by atoms with E-state index >= 15 is 0 Å². The number of piperidine rings is 1. The fourth-order valence-corrected chi connectivity index (χ4v) is 3.12. The van der Waals surface area contributed by atoms with Crippen LogP contribution in [0.2, 0.25) is 0 Å². The molecule has 0 saturated carbocycles. The van der Waals surface area contributed by atoms with Crippen LogP contribution in [0, 0.1) is 0 Å². The highest BCUT2D eigenvalue weighted by molar-refractivity contribution is 5.93. The number of carbonyl (C=O) groups excluding carboxylic acids is 1. The van der Waals surface area contributed by atoms with Gasteiger partial charge >= 0.3 is 0 Å². The van der Waals surface area contributed by atoms with E-state index in [1.807, 2.05) is 0 Å². The number of pyridine rings is 1. The molecule has 0 aliphatic carbocycles. The normalized spacial score (nSPS) is 16.1. The van der Waals surface area contributed by atoms with Gasteiger partial charge in [0.15, 0.2) is 11.5 Å². The summed E-state index contributed by atoms with van der Waals surface area (Å²) in [5.74, 6) is -2.32. The molecule has 0 N–H and O–H groups in total. The predicted octanol–water partition coefficient (Wildman–Crippen LogP) is 1.94. The molecule has 152 valence electrons. The van der Waals surface area contributed by atoms with Gasteiger partial charge in [0.05, 0.1) is 19.0 Å². The van der Waals surface area contributed by atoms with Crippen LogP contribution in [0.3, 0.4) is 0 Å². The number of amides is 1. The molecular weight excluding hydrogens is 384 g/mol. The number of hydrogen-bond donors (Lipinski definition) is 0. The van der Waals surface area contributed by atoms with E-state index in [4.69, 9.17) is 4.74 Å². The number of aryl methyl sites for hydroxylation is 1. The molecule has 9 nitrogen and oxygen atoms in total. The van der Waals surface area contributed by atoms with E-state index in [-0.39, 0.29) is 31.6 Å². The van der Waals surface area contributed by atoms with Crippen LogP contribution in [-0.4, -0.2) is 66.5 Å². The molecule has 1 aliphatic heterocycles. The zero-order valence-electron chi connectivity index (χ0n) is 15.9. The van der Waals surface area contributed by atoms with Crippen LogP contribution in [0.1, 0.15) is 23.3 Å². The van der Waals surface area contributed by atoms with Crippen LogP contribution in [-0.2, 0) is 7.05 Å². The van der Waals surface area contributed by atoms with E-state index in [2.05, 4.69) is 20.2 Å². The van der Waals surface area contributed by atoms with Crippen molar-refractivity contribution in [1.82, 2.24) is 34.4 Å². The minimum absolute atomic E-state index is 0.0139. The quantitative estimate of drug-likeness (QED) is 0.661. The maximum atomic E-state index is 13.4. The number of alkyl halides is 2. The van der Waals surface area contributed by atoms with Gasteiger partial charge in [-0.3, -0.25) is 9.48 Å². The Balaban J connectivity index is 1.70. The van der Waals surface area contributed by atoms with Crippen molar-refractivity contribution >= 4 is 5.91 Å². The molecular formula is C18H19F2N7O2. The largest absolute Gasteiger partial charge is 0.481 e. The van der Waals surface area contributed by atoms with Gasteiger partial charge in [-0.25, -0.2) is 23.4 Å². The average molecular weight is 403 g/mol. The second-order valence-electron chi connectivity index (χ2n) is 6.78. The first-order valence-electron chi connectivity index (χ1n) is 9.00. The van der Waals surface area contributed by atoms with Gasteiger partial charge in [-0.1, -0.05) is 0 Å². The molecule has 4 rings (SSSR count). The lowest BCUT2D eigenvalue weighted by Crippen LogP contribution is -2.42. The number of likely N-dealkylation sites (tertiary alicyclic amines) is 1. The van der Waals surface area contributed by atoms with E-state index in [1.54, 1.807) is 31.4 Å². The Morgan fingerprint density at radius 2 is 1.93 bits per heavy atom. The Kier molecular flexibility index (Phi) is 4.73. The third-order valence-electron chi connectivity index (χ3n) is 4.71. The lowest BCUT2D eigenvalue weighted by Gasteiger charge is -2.31. The minimum Gasteiger partial charge on any atom is -0.481 e. The van der Waals surface area contributed by atoms with Gasteiger partial charge in [0.2, 0.25) is 5.88 Å². The van der Waals surface area contributed by atoms with Crippen LogP contribution in [0.5, 0.6) is 5.88 Å². The summed E-state index contributed by atoms with van der Waals surface area (Å²) in [5.41, 5.74) is 1.20. The van der Waals surface area contributed by atoms with E-state index < -0.39 is 11.8 Å². The summed E-state index contributed by atoms with van der Waals surface area (Å²) in [7, 11) is 3.24. The summed E-state index contributed by atoms with van der Waals surface area (Å²) < 4.78 is 35.0. The van der Waals surface area contributed by atoms with Gasteiger partial charge in [0, 0.05) is 45.1 Å². The zero-order valence-corrected chi connectivity index (χ0v) is 15.9. The summed E-state index contributed by atoms with van der Waals surface area (Å²) in [6.07, 6.45) is 2.38. The van der Waals surface area contributed by atoms with Crippen molar-refractivity contribution in [2.75, 3.05) is 20.2 Å². The summed E-state index contributed by atoms with van der Waals surface area (Å²) in [6.45, 7) is -0.0279. The highest BCUT2D eigenvalue weighted by Crippen LogP contribution is 2.29. The van der Waals surface area contributed by atoms with Crippen molar-refractivity contribution in [2.24, 2.45) is 7.05 Å².